The van der Waals surface area contributed by atoms with Gasteiger partial charge in [-0.25, -0.2) is 0 Å². The minimum Gasteiger partial charge on any atom is -0.496 e. The van der Waals surface area contributed by atoms with Gasteiger partial charge in [0.05, 0.1) is 25.0 Å². The Morgan fingerprint density at radius 2 is 2.06 bits per heavy atom. The summed E-state index contributed by atoms with van der Waals surface area (Å²) in [6.45, 7) is 0.741. The van der Waals surface area contributed by atoms with E-state index in [1.165, 1.54) is 0 Å². The lowest BCUT2D eigenvalue weighted by atomic mass is 9.99. The molecule has 7 heteroatoms. The van der Waals surface area contributed by atoms with E-state index >= 15 is 0 Å². The van der Waals surface area contributed by atoms with Gasteiger partial charge in [0.15, 0.2) is 0 Å². The lowest BCUT2D eigenvalue weighted by molar-refractivity contribution is 0.0735. The fourth-order valence-electron chi connectivity index (χ4n) is 4.55. The van der Waals surface area contributed by atoms with Crippen LogP contribution in [0.15, 0.2) is 67.1 Å². The van der Waals surface area contributed by atoms with E-state index < -0.39 is 0 Å². The lowest BCUT2D eigenvalue weighted by Gasteiger charge is -2.26. The minimum absolute atomic E-state index is 0.0236. The summed E-state index contributed by atoms with van der Waals surface area (Å²) in [6, 6.07) is 16.1. The van der Waals surface area contributed by atoms with Crippen LogP contribution in [0, 0.1) is 0 Å². The highest BCUT2D eigenvalue weighted by Crippen LogP contribution is 2.36. The van der Waals surface area contributed by atoms with E-state index in [0.29, 0.717) is 11.3 Å². The molecule has 0 saturated carbocycles. The van der Waals surface area contributed by atoms with Crippen LogP contribution in [0.25, 0.3) is 22.4 Å². The molecule has 0 radical (unpaired) electrons. The van der Waals surface area contributed by atoms with Crippen molar-refractivity contribution in [2.75, 3.05) is 13.7 Å². The molecular formula is C25H25N5O2. The Balaban J connectivity index is 1.44. The monoisotopic (exact) mass is 427 g/mol. The number of likely N-dealkylation sites (tertiary alicyclic amines) is 1. The number of benzene rings is 2. The van der Waals surface area contributed by atoms with Gasteiger partial charge in [-0.05, 0) is 48.7 Å². The van der Waals surface area contributed by atoms with Crippen LogP contribution < -0.4 is 4.74 Å². The van der Waals surface area contributed by atoms with Crippen LogP contribution >= 0.6 is 0 Å². The summed E-state index contributed by atoms with van der Waals surface area (Å²) in [7, 11) is 3.56. The maximum absolute atomic E-state index is 13.5. The van der Waals surface area contributed by atoms with Crippen molar-refractivity contribution in [3.8, 4) is 28.1 Å². The largest absolute Gasteiger partial charge is 0.496 e. The van der Waals surface area contributed by atoms with Gasteiger partial charge in [0.2, 0.25) is 0 Å². The summed E-state index contributed by atoms with van der Waals surface area (Å²) in [4.78, 5) is 15.5. The molecule has 0 aliphatic carbocycles. The number of hydrogen-bond donors (Lipinski definition) is 1. The van der Waals surface area contributed by atoms with Gasteiger partial charge in [-0.3, -0.25) is 14.6 Å². The van der Waals surface area contributed by atoms with Crippen LogP contribution in [-0.2, 0) is 7.05 Å². The zero-order valence-electron chi connectivity index (χ0n) is 18.2. The number of aromatic nitrogens is 4. The first-order valence-corrected chi connectivity index (χ1v) is 10.7. The van der Waals surface area contributed by atoms with Crippen molar-refractivity contribution in [2.24, 2.45) is 7.05 Å². The molecule has 1 unspecified atom stereocenters. The van der Waals surface area contributed by atoms with Crippen molar-refractivity contribution in [3.05, 3.63) is 78.2 Å². The van der Waals surface area contributed by atoms with Gasteiger partial charge >= 0.3 is 0 Å². The van der Waals surface area contributed by atoms with Gasteiger partial charge in [-0.1, -0.05) is 18.2 Å². The molecule has 0 spiro atoms. The molecule has 5 rings (SSSR count). The fourth-order valence-corrected chi connectivity index (χ4v) is 4.55. The quantitative estimate of drug-likeness (QED) is 0.510. The molecule has 2 aromatic heterocycles. The molecule has 1 atom stereocenters. The number of methoxy groups -OCH3 is 1. The SMILES string of the molecule is COc1cc(C(=O)N2CCCC2c2cccc(-c3ccnn3C)c2)ccc1-c1cn[nH]c1. The Labute approximate surface area is 186 Å². The molecule has 4 aromatic rings. The Bertz CT molecular complexity index is 1240. The first kappa shape index (κ1) is 20.1. The summed E-state index contributed by atoms with van der Waals surface area (Å²) in [5.41, 5.74) is 5.77. The number of nitrogens with one attached hydrogen (secondary N) is 1. The molecule has 0 bridgehead atoms. The molecule has 1 amide bonds. The Morgan fingerprint density at radius 1 is 1.16 bits per heavy atom. The van der Waals surface area contributed by atoms with Crippen LogP contribution in [0.1, 0.15) is 34.8 Å². The highest BCUT2D eigenvalue weighted by atomic mass is 16.5. The fraction of sp³-hybridized carbons (Fsp3) is 0.240. The topological polar surface area (TPSA) is 76.0 Å². The summed E-state index contributed by atoms with van der Waals surface area (Å²) in [6.07, 6.45) is 7.28. The number of aromatic amines is 1. The van der Waals surface area contributed by atoms with E-state index in [-0.39, 0.29) is 11.9 Å². The maximum Gasteiger partial charge on any atom is 0.254 e. The summed E-state index contributed by atoms with van der Waals surface area (Å²) in [5, 5.41) is 11.1. The number of aryl methyl sites for hydroxylation is 1. The predicted molar refractivity (Wildman–Crippen MR) is 122 cm³/mol. The van der Waals surface area contributed by atoms with E-state index in [9.17, 15) is 4.79 Å². The van der Waals surface area contributed by atoms with E-state index in [1.54, 1.807) is 19.5 Å². The van der Waals surface area contributed by atoms with Gasteiger partial charge in [-0.15, -0.1) is 0 Å². The number of hydrogen-bond acceptors (Lipinski definition) is 4. The third-order valence-electron chi connectivity index (χ3n) is 6.16. The predicted octanol–water partition coefficient (Wildman–Crippen LogP) is 4.46. The van der Waals surface area contributed by atoms with Crippen LogP contribution in [0.4, 0.5) is 0 Å². The number of rotatable bonds is 5. The molecule has 1 saturated heterocycles. The average molecular weight is 428 g/mol. The van der Waals surface area contributed by atoms with Crippen molar-refractivity contribution < 1.29 is 9.53 Å². The number of nitrogens with zero attached hydrogens (tertiary/aromatic N) is 4. The number of ether oxygens (including phenoxy) is 1. The lowest BCUT2D eigenvalue weighted by Crippen LogP contribution is -2.30. The second-order valence-electron chi connectivity index (χ2n) is 8.02. The van der Waals surface area contributed by atoms with Crippen LogP contribution in [0.3, 0.4) is 0 Å². The minimum atomic E-state index is 0.0236. The number of H-pyrrole nitrogens is 1. The smallest absolute Gasteiger partial charge is 0.254 e. The van der Waals surface area contributed by atoms with Gasteiger partial charge in [0, 0.05) is 48.2 Å². The molecule has 1 aliphatic rings. The first-order valence-electron chi connectivity index (χ1n) is 10.7. The maximum atomic E-state index is 13.5. The third kappa shape index (κ3) is 3.56. The third-order valence-corrected chi connectivity index (χ3v) is 6.16. The molecule has 3 heterocycles. The molecule has 1 fully saturated rings. The van der Waals surface area contributed by atoms with Crippen LogP contribution in [0.2, 0.25) is 0 Å². The molecule has 1 aliphatic heterocycles. The van der Waals surface area contributed by atoms with Gasteiger partial charge in [-0.2, -0.15) is 10.2 Å². The molecule has 7 nitrogen and oxygen atoms in total. The Hall–Kier alpha value is -3.87. The summed E-state index contributed by atoms with van der Waals surface area (Å²) >= 11 is 0. The van der Waals surface area contributed by atoms with Crippen molar-refractivity contribution in [1.29, 1.82) is 0 Å². The van der Waals surface area contributed by atoms with Gasteiger partial charge < -0.3 is 9.64 Å². The normalized spacial score (nSPS) is 15.8. The number of carbonyl (C=O) groups excluding carboxylic acids is 1. The van der Waals surface area contributed by atoms with Crippen LogP contribution in [-0.4, -0.2) is 44.4 Å². The van der Waals surface area contributed by atoms with E-state index in [1.807, 2.05) is 47.1 Å². The van der Waals surface area contributed by atoms with E-state index in [0.717, 1.165) is 47.3 Å². The molecular weight excluding hydrogens is 402 g/mol. The summed E-state index contributed by atoms with van der Waals surface area (Å²) in [5.74, 6) is 0.682. The zero-order valence-corrected chi connectivity index (χ0v) is 18.2. The van der Waals surface area contributed by atoms with Crippen molar-refractivity contribution in [3.63, 3.8) is 0 Å². The highest BCUT2D eigenvalue weighted by molar-refractivity contribution is 5.96. The Morgan fingerprint density at radius 3 is 2.81 bits per heavy atom. The second-order valence-corrected chi connectivity index (χ2v) is 8.02. The molecule has 1 N–H and O–H groups in total. The van der Waals surface area contributed by atoms with E-state index in [4.69, 9.17) is 4.74 Å². The Kier molecular flexibility index (Phi) is 5.23. The molecule has 32 heavy (non-hydrogen) atoms. The number of carbonyl (C=O) groups is 1. The average Bonchev–Trinajstić information content (AvgIpc) is 3.60. The van der Waals surface area contributed by atoms with Crippen molar-refractivity contribution in [2.45, 2.75) is 18.9 Å². The standard InChI is InChI=1S/C25H25N5O2/c1-29-22(10-11-28-29)17-5-3-6-18(13-17)23-7-4-12-30(23)25(31)19-8-9-21(24(14-19)32-2)20-15-26-27-16-20/h3,5-6,8-11,13-16,23H,4,7,12H2,1-2H3,(H,26,27). The second kappa shape index (κ2) is 8.34. The highest BCUT2D eigenvalue weighted by Gasteiger charge is 2.31. The van der Waals surface area contributed by atoms with Crippen LogP contribution in [0.5, 0.6) is 5.75 Å². The molecule has 2 aromatic carbocycles. The first-order chi connectivity index (χ1) is 15.7. The van der Waals surface area contributed by atoms with Crippen molar-refractivity contribution >= 4 is 5.91 Å². The molecule has 162 valence electrons. The van der Waals surface area contributed by atoms with Gasteiger partial charge in [0.25, 0.3) is 5.91 Å². The van der Waals surface area contributed by atoms with Gasteiger partial charge in [0.1, 0.15) is 5.75 Å². The number of amides is 1. The van der Waals surface area contributed by atoms with Crippen molar-refractivity contribution in [1.82, 2.24) is 24.9 Å². The summed E-state index contributed by atoms with van der Waals surface area (Å²) < 4.78 is 7.45. The van der Waals surface area contributed by atoms with E-state index in [2.05, 4.69) is 39.6 Å². The zero-order chi connectivity index (χ0) is 22.1.